The fraction of sp³-hybridized carbons (Fsp3) is 0.143. The molecule has 5 heteroatoms. The third-order valence-electron chi connectivity index (χ3n) is 2.61. The summed E-state index contributed by atoms with van der Waals surface area (Å²) in [6.45, 7) is 0. The summed E-state index contributed by atoms with van der Waals surface area (Å²) in [4.78, 5) is 15.9. The maximum atomic E-state index is 11.9. The van der Waals surface area contributed by atoms with Gasteiger partial charge in [-0.15, -0.1) is 0 Å². The van der Waals surface area contributed by atoms with E-state index in [2.05, 4.69) is 10.3 Å². The van der Waals surface area contributed by atoms with E-state index in [0.29, 0.717) is 17.3 Å². The maximum Gasteiger partial charge on any atom is 0.242 e. The van der Waals surface area contributed by atoms with E-state index >= 15 is 0 Å². The van der Waals surface area contributed by atoms with Crippen molar-refractivity contribution >= 4 is 23.3 Å². The third kappa shape index (κ3) is 4.05. The monoisotopic (exact) mass is 275 g/mol. The molecule has 1 heterocycles. The Bertz CT molecular complexity index is 560. The van der Waals surface area contributed by atoms with Gasteiger partial charge < -0.3 is 11.1 Å². The second-order valence-electron chi connectivity index (χ2n) is 4.14. The van der Waals surface area contributed by atoms with Gasteiger partial charge in [-0.2, -0.15) is 0 Å². The number of nitrogens with two attached hydrogens (primary N) is 1. The minimum absolute atomic E-state index is 0.279. The summed E-state index contributed by atoms with van der Waals surface area (Å²) in [6, 6.07) is 12.2. The van der Waals surface area contributed by atoms with Gasteiger partial charge in [0, 0.05) is 11.2 Å². The minimum Gasteiger partial charge on any atom is -0.320 e. The van der Waals surface area contributed by atoms with Gasteiger partial charge in [0.05, 0.1) is 6.04 Å². The molecule has 2 aromatic rings. The Morgan fingerprint density at radius 3 is 2.74 bits per heavy atom. The number of hydrogen-bond donors (Lipinski definition) is 2. The zero-order valence-corrected chi connectivity index (χ0v) is 11.0. The number of carbonyl (C=O) groups excluding carboxylic acids is 1. The first kappa shape index (κ1) is 13.5. The lowest BCUT2D eigenvalue weighted by Crippen LogP contribution is -2.37. The highest BCUT2D eigenvalue weighted by atomic mass is 35.5. The number of hydrogen-bond acceptors (Lipinski definition) is 3. The van der Waals surface area contributed by atoms with E-state index in [0.717, 1.165) is 5.56 Å². The predicted octanol–water partition coefficient (Wildman–Crippen LogP) is 2.24. The van der Waals surface area contributed by atoms with E-state index in [1.807, 2.05) is 30.3 Å². The summed E-state index contributed by atoms with van der Waals surface area (Å²) in [5.74, 6) is 0.125. The summed E-state index contributed by atoms with van der Waals surface area (Å²) in [5, 5.41) is 3.16. The van der Waals surface area contributed by atoms with Crippen LogP contribution in [0.3, 0.4) is 0 Å². The summed E-state index contributed by atoms with van der Waals surface area (Å²) in [7, 11) is 0. The van der Waals surface area contributed by atoms with Crippen molar-refractivity contribution in [2.75, 3.05) is 5.32 Å². The highest BCUT2D eigenvalue weighted by molar-refractivity contribution is 6.30. The quantitative estimate of drug-likeness (QED) is 0.899. The molecule has 0 fully saturated rings. The van der Waals surface area contributed by atoms with Gasteiger partial charge in [0.2, 0.25) is 5.91 Å². The second-order valence-corrected chi connectivity index (χ2v) is 4.58. The average Bonchev–Trinajstić information content (AvgIpc) is 2.40. The van der Waals surface area contributed by atoms with Crippen LogP contribution in [0.2, 0.25) is 5.02 Å². The van der Waals surface area contributed by atoms with Gasteiger partial charge in [0.1, 0.15) is 5.82 Å². The number of anilines is 1. The molecule has 0 spiro atoms. The molecule has 0 aliphatic heterocycles. The Balaban J connectivity index is 1.96. The molecule has 0 saturated carbocycles. The van der Waals surface area contributed by atoms with Crippen molar-refractivity contribution in [3.63, 3.8) is 0 Å². The molecule has 1 amide bonds. The summed E-state index contributed by atoms with van der Waals surface area (Å²) in [5.41, 5.74) is 6.88. The van der Waals surface area contributed by atoms with Crippen molar-refractivity contribution in [3.8, 4) is 0 Å². The van der Waals surface area contributed by atoms with Crippen LogP contribution in [0, 0.1) is 0 Å². The van der Waals surface area contributed by atoms with Crippen molar-refractivity contribution < 1.29 is 4.79 Å². The van der Waals surface area contributed by atoms with E-state index in [9.17, 15) is 4.79 Å². The van der Waals surface area contributed by atoms with Crippen LogP contribution in [0.15, 0.2) is 48.7 Å². The highest BCUT2D eigenvalue weighted by Crippen LogP contribution is 2.12. The first-order chi connectivity index (χ1) is 9.15. The number of benzene rings is 1. The number of rotatable bonds is 4. The maximum absolute atomic E-state index is 11.9. The third-order valence-corrected chi connectivity index (χ3v) is 2.84. The van der Waals surface area contributed by atoms with E-state index in [4.69, 9.17) is 17.3 Å². The number of amides is 1. The van der Waals surface area contributed by atoms with Gasteiger partial charge in [0.25, 0.3) is 0 Å². The lowest BCUT2D eigenvalue weighted by molar-refractivity contribution is -0.117. The van der Waals surface area contributed by atoms with Crippen LogP contribution < -0.4 is 11.1 Å². The fourth-order valence-corrected chi connectivity index (χ4v) is 1.81. The van der Waals surface area contributed by atoms with Crippen LogP contribution >= 0.6 is 11.6 Å². The van der Waals surface area contributed by atoms with Gasteiger partial charge in [-0.1, -0.05) is 41.9 Å². The Hall–Kier alpha value is -1.91. The number of nitrogens with zero attached hydrogens (tertiary/aromatic N) is 1. The number of carbonyl (C=O) groups is 1. The Kier molecular flexibility index (Phi) is 4.49. The minimum atomic E-state index is -0.622. The molecule has 0 unspecified atom stereocenters. The zero-order valence-electron chi connectivity index (χ0n) is 10.2. The standard InChI is InChI=1S/C14H14ClN3O/c15-11-6-7-17-13(9-11)18-14(19)12(16)8-10-4-2-1-3-5-10/h1-7,9,12H,8,16H2,(H,17,18,19)/t12-/m1/s1. The number of aromatic nitrogens is 1. The van der Waals surface area contributed by atoms with E-state index in [1.165, 1.54) is 6.20 Å². The predicted molar refractivity (Wildman–Crippen MR) is 76.0 cm³/mol. The van der Waals surface area contributed by atoms with Gasteiger partial charge in [-0.3, -0.25) is 4.79 Å². The number of pyridine rings is 1. The van der Waals surface area contributed by atoms with E-state index < -0.39 is 6.04 Å². The van der Waals surface area contributed by atoms with Crippen molar-refractivity contribution in [3.05, 3.63) is 59.2 Å². The molecule has 2 rings (SSSR count). The summed E-state index contributed by atoms with van der Waals surface area (Å²) >= 11 is 5.82. The molecule has 0 bridgehead atoms. The van der Waals surface area contributed by atoms with Crippen LogP contribution in [0.5, 0.6) is 0 Å². The zero-order chi connectivity index (χ0) is 13.7. The molecule has 1 aromatic carbocycles. The number of nitrogens with one attached hydrogen (secondary N) is 1. The fourth-order valence-electron chi connectivity index (χ4n) is 1.65. The Morgan fingerprint density at radius 2 is 2.05 bits per heavy atom. The Labute approximate surface area is 116 Å². The molecule has 1 aromatic heterocycles. The van der Waals surface area contributed by atoms with Crippen LogP contribution in [-0.2, 0) is 11.2 Å². The summed E-state index contributed by atoms with van der Waals surface area (Å²) in [6.07, 6.45) is 2.01. The second kappa shape index (κ2) is 6.31. The van der Waals surface area contributed by atoms with Crippen LogP contribution in [0.25, 0.3) is 0 Å². The first-order valence-electron chi connectivity index (χ1n) is 5.87. The molecule has 1 atom stereocenters. The summed E-state index contributed by atoms with van der Waals surface area (Å²) < 4.78 is 0. The SMILES string of the molecule is N[C@H](Cc1ccccc1)C(=O)Nc1cc(Cl)ccn1. The molecular weight excluding hydrogens is 262 g/mol. The van der Waals surface area contributed by atoms with Crippen molar-refractivity contribution in [2.45, 2.75) is 12.5 Å². The van der Waals surface area contributed by atoms with E-state index in [-0.39, 0.29) is 5.91 Å². The molecule has 0 radical (unpaired) electrons. The molecular formula is C14H14ClN3O. The van der Waals surface area contributed by atoms with Gasteiger partial charge in [-0.05, 0) is 24.1 Å². The molecule has 98 valence electrons. The first-order valence-corrected chi connectivity index (χ1v) is 6.25. The molecule has 19 heavy (non-hydrogen) atoms. The Morgan fingerprint density at radius 1 is 1.32 bits per heavy atom. The van der Waals surface area contributed by atoms with Crippen LogP contribution in [0.1, 0.15) is 5.56 Å². The molecule has 0 aliphatic carbocycles. The van der Waals surface area contributed by atoms with Crippen molar-refractivity contribution in [1.29, 1.82) is 0 Å². The highest BCUT2D eigenvalue weighted by Gasteiger charge is 2.14. The lowest BCUT2D eigenvalue weighted by Gasteiger charge is -2.11. The van der Waals surface area contributed by atoms with E-state index in [1.54, 1.807) is 12.1 Å². The normalized spacial score (nSPS) is 11.9. The average molecular weight is 276 g/mol. The lowest BCUT2D eigenvalue weighted by atomic mass is 10.1. The van der Waals surface area contributed by atoms with Crippen molar-refractivity contribution in [2.24, 2.45) is 5.73 Å². The topological polar surface area (TPSA) is 68.0 Å². The largest absolute Gasteiger partial charge is 0.320 e. The van der Waals surface area contributed by atoms with Crippen LogP contribution in [-0.4, -0.2) is 16.9 Å². The van der Waals surface area contributed by atoms with Gasteiger partial charge in [-0.25, -0.2) is 4.98 Å². The molecule has 0 saturated heterocycles. The number of halogens is 1. The smallest absolute Gasteiger partial charge is 0.242 e. The van der Waals surface area contributed by atoms with Crippen molar-refractivity contribution in [1.82, 2.24) is 4.98 Å². The molecule has 3 N–H and O–H groups in total. The molecule has 4 nitrogen and oxygen atoms in total. The van der Waals surface area contributed by atoms with Gasteiger partial charge in [0.15, 0.2) is 0 Å². The van der Waals surface area contributed by atoms with Crippen LogP contribution in [0.4, 0.5) is 5.82 Å². The van der Waals surface area contributed by atoms with Gasteiger partial charge >= 0.3 is 0 Å². The molecule has 0 aliphatic rings.